The summed E-state index contributed by atoms with van der Waals surface area (Å²) in [4.78, 5) is 32.4. The summed E-state index contributed by atoms with van der Waals surface area (Å²) in [5, 5.41) is 6.30. The first kappa shape index (κ1) is 30.6. The van der Waals surface area contributed by atoms with Crippen molar-refractivity contribution < 1.29 is 31.1 Å². The average molecular weight is 631 g/mol. The Labute approximate surface area is 253 Å². The summed E-state index contributed by atoms with van der Waals surface area (Å²) in [5.41, 5.74) is -4.95. The van der Waals surface area contributed by atoms with E-state index in [1.54, 1.807) is 30.5 Å². The lowest BCUT2D eigenvalue weighted by atomic mass is 9.73. The average Bonchev–Trinajstić information content (AvgIpc) is 3.03. The van der Waals surface area contributed by atoms with Crippen LogP contribution in [0, 0.1) is 11.8 Å². The van der Waals surface area contributed by atoms with Gasteiger partial charge in [0.25, 0.3) is 10.9 Å². The number of benzene rings is 2. The summed E-state index contributed by atoms with van der Waals surface area (Å²) in [6, 6.07) is 7.29. The molecule has 0 spiro atoms. The van der Waals surface area contributed by atoms with Crippen LogP contribution in [0.25, 0.3) is 10.9 Å². The third kappa shape index (κ3) is 5.65. The van der Waals surface area contributed by atoms with Gasteiger partial charge in [0.05, 0.1) is 29.8 Å². The highest BCUT2D eigenvalue weighted by atomic mass is 19.4. The number of methoxy groups -OCH3 is 1. The zero-order valence-corrected chi connectivity index (χ0v) is 23.9. The van der Waals surface area contributed by atoms with Gasteiger partial charge in [0.15, 0.2) is 0 Å². The molecule has 4 aromatic rings. The Hall–Kier alpha value is -4.39. The maximum Gasteiger partial charge on any atom is 0.416 e. The fourth-order valence-electron chi connectivity index (χ4n) is 6.63. The van der Waals surface area contributed by atoms with Gasteiger partial charge in [0, 0.05) is 29.9 Å². The topological polar surface area (TPSA) is 83.6 Å². The number of pyridine rings is 1. The monoisotopic (exact) mass is 630 g/mol. The van der Waals surface area contributed by atoms with Crippen molar-refractivity contribution in [2.75, 3.05) is 30.8 Å². The van der Waals surface area contributed by atoms with Gasteiger partial charge in [-0.2, -0.15) is 26.3 Å². The second-order valence-electron chi connectivity index (χ2n) is 11.5. The van der Waals surface area contributed by atoms with Gasteiger partial charge in [0.1, 0.15) is 17.1 Å². The third-order valence-corrected chi connectivity index (χ3v) is 8.92. The molecule has 1 aromatic heterocycles. The second-order valence-corrected chi connectivity index (χ2v) is 11.5. The van der Waals surface area contributed by atoms with E-state index in [4.69, 9.17) is 4.74 Å². The Balaban J connectivity index is 1.43. The highest BCUT2D eigenvalue weighted by Gasteiger charge is 2.44. The SMILES string of the molecule is C=CC1CN2CCC1CC2[C@@H](Nc1c(Nc2cc(C(F)(F)F)cc(C(F)(F)F)c2)c(=O)c1=O)c1ccnc2ccc(OC)cc12. The molecule has 4 heterocycles. The van der Waals surface area contributed by atoms with Crippen molar-refractivity contribution in [3.05, 3.63) is 98.5 Å². The van der Waals surface area contributed by atoms with E-state index >= 15 is 0 Å². The summed E-state index contributed by atoms with van der Waals surface area (Å²) in [7, 11) is 1.52. The minimum atomic E-state index is -5.08. The van der Waals surface area contributed by atoms with E-state index in [1.807, 2.05) is 6.08 Å². The molecule has 3 aliphatic heterocycles. The smallest absolute Gasteiger partial charge is 0.416 e. The maximum absolute atomic E-state index is 13.5. The van der Waals surface area contributed by atoms with Crippen LogP contribution in [0.15, 0.2) is 70.9 Å². The molecule has 0 aliphatic carbocycles. The summed E-state index contributed by atoms with van der Waals surface area (Å²) in [5.74, 6) is 1.16. The number of fused-ring (bicyclic) bond motifs is 4. The predicted molar refractivity (Wildman–Crippen MR) is 158 cm³/mol. The molecule has 236 valence electrons. The quantitative estimate of drug-likeness (QED) is 0.128. The van der Waals surface area contributed by atoms with Crippen molar-refractivity contribution in [3.8, 4) is 5.75 Å². The largest absolute Gasteiger partial charge is 0.497 e. The molecule has 0 radical (unpaired) electrons. The number of nitrogens with one attached hydrogen (secondary N) is 2. The Kier molecular flexibility index (Phi) is 7.62. The number of alkyl halides is 6. The van der Waals surface area contributed by atoms with Crippen LogP contribution in [0.3, 0.4) is 0 Å². The van der Waals surface area contributed by atoms with E-state index in [0.717, 1.165) is 36.9 Å². The van der Waals surface area contributed by atoms with Gasteiger partial charge in [-0.1, -0.05) is 6.08 Å². The van der Waals surface area contributed by atoms with Crippen molar-refractivity contribution in [2.24, 2.45) is 11.8 Å². The molecule has 7 nitrogen and oxygen atoms in total. The third-order valence-electron chi connectivity index (χ3n) is 8.92. The number of piperidine rings is 3. The molecule has 0 saturated carbocycles. The van der Waals surface area contributed by atoms with Gasteiger partial charge in [-0.25, -0.2) is 0 Å². The molecule has 5 atom stereocenters. The molecule has 3 aromatic carbocycles. The van der Waals surface area contributed by atoms with Gasteiger partial charge in [0.2, 0.25) is 0 Å². The summed E-state index contributed by atoms with van der Waals surface area (Å²) >= 11 is 0. The maximum atomic E-state index is 13.5. The van der Waals surface area contributed by atoms with Crippen molar-refractivity contribution in [2.45, 2.75) is 37.3 Å². The summed E-state index contributed by atoms with van der Waals surface area (Å²) < 4.78 is 86.4. The van der Waals surface area contributed by atoms with E-state index in [0.29, 0.717) is 29.3 Å². The number of hydrogen-bond donors (Lipinski definition) is 2. The molecule has 3 aliphatic rings. The number of aromatic nitrogens is 1. The van der Waals surface area contributed by atoms with E-state index in [-0.39, 0.29) is 23.7 Å². The lowest BCUT2D eigenvalue weighted by Crippen LogP contribution is -2.56. The Morgan fingerprint density at radius 1 is 1.00 bits per heavy atom. The van der Waals surface area contributed by atoms with E-state index in [2.05, 4.69) is 27.1 Å². The lowest BCUT2D eigenvalue weighted by molar-refractivity contribution is -0.143. The first-order valence-corrected chi connectivity index (χ1v) is 14.2. The van der Waals surface area contributed by atoms with Gasteiger partial charge in [-0.3, -0.25) is 19.5 Å². The van der Waals surface area contributed by atoms with Crippen LogP contribution in [0.2, 0.25) is 0 Å². The van der Waals surface area contributed by atoms with Gasteiger partial charge >= 0.3 is 12.4 Å². The van der Waals surface area contributed by atoms with Crippen LogP contribution in [-0.2, 0) is 12.4 Å². The molecule has 2 N–H and O–H groups in total. The number of ether oxygens (including phenoxy) is 1. The van der Waals surface area contributed by atoms with Crippen molar-refractivity contribution in [1.82, 2.24) is 9.88 Å². The van der Waals surface area contributed by atoms with E-state index in [1.165, 1.54) is 7.11 Å². The molecule has 4 unspecified atom stereocenters. The Morgan fingerprint density at radius 3 is 2.29 bits per heavy atom. The van der Waals surface area contributed by atoms with Crippen LogP contribution in [0.4, 0.5) is 43.4 Å². The number of nitrogens with zero attached hydrogens (tertiary/aromatic N) is 2. The van der Waals surface area contributed by atoms with Crippen LogP contribution in [0.5, 0.6) is 5.75 Å². The Morgan fingerprint density at radius 2 is 1.69 bits per heavy atom. The Bertz CT molecular complexity index is 1810. The molecular weight excluding hydrogens is 602 g/mol. The number of halogens is 6. The molecule has 13 heteroatoms. The molecule has 45 heavy (non-hydrogen) atoms. The van der Waals surface area contributed by atoms with Crippen molar-refractivity contribution in [3.63, 3.8) is 0 Å². The van der Waals surface area contributed by atoms with Crippen molar-refractivity contribution in [1.29, 1.82) is 0 Å². The highest BCUT2D eigenvalue weighted by molar-refractivity contribution is 5.85. The van der Waals surface area contributed by atoms with Crippen LogP contribution in [0.1, 0.15) is 35.6 Å². The molecule has 2 bridgehead atoms. The molecular formula is C32H28F6N4O3. The van der Waals surface area contributed by atoms with Crippen LogP contribution < -0.4 is 26.2 Å². The molecule has 3 fully saturated rings. The van der Waals surface area contributed by atoms with Crippen LogP contribution in [-0.4, -0.2) is 36.1 Å². The van der Waals surface area contributed by atoms with E-state index < -0.39 is 51.8 Å². The highest BCUT2D eigenvalue weighted by Crippen LogP contribution is 2.44. The fraction of sp³-hybridized carbons (Fsp3) is 0.344. The fourth-order valence-corrected chi connectivity index (χ4v) is 6.63. The number of hydrogen-bond acceptors (Lipinski definition) is 7. The minimum Gasteiger partial charge on any atom is -0.497 e. The number of rotatable bonds is 8. The zero-order chi connectivity index (χ0) is 32.3. The standard InChI is InChI=1S/C32H28F6N4O3/c1-3-16-15-42-9-7-17(16)10-25(42)26(22-6-8-39-24-5-4-21(45-2)14-23(22)24)41-28-27(29(43)30(28)44)40-20-12-18(31(33,34)35)11-19(13-20)32(36,37)38/h3-6,8,11-14,16-17,25-26,40-41H,1,7,9-10,15H2,2H3/t16?,17?,25?,26-/m0/s1. The minimum absolute atomic E-state index is 0.00556. The van der Waals surface area contributed by atoms with Gasteiger partial charge in [-0.15, -0.1) is 6.58 Å². The van der Waals surface area contributed by atoms with Gasteiger partial charge in [-0.05, 0) is 79.3 Å². The molecule has 0 amide bonds. The summed E-state index contributed by atoms with van der Waals surface area (Å²) in [6.45, 7) is 5.48. The van der Waals surface area contributed by atoms with Crippen molar-refractivity contribution >= 4 is 28.0 Å². The first-order chi connectivity index (χ1) is 21.3. The zero-order valence-electron chi connectivity index (χ0n) is 23.9. The first-order valence-electron chi connectivity index (χ1n) is 14.2. The summed E-state index contributed by atoms with van der Waals surface area (Å²) in [6.07, 6.45) is -4.94. The number of anilines is 3. The predicted octanol–water partition coefficient (Wildman–Crippen LogP) is 6.67. The lowest BCUT2D eigenvalue weighted by Gasteiger charge is -2.52. The normalized spacial score (nSPS) is 22.4. The molecule has 7 rings (SSSR count). The van der Waals surface area contributed by atoms with Gasteiger partial charge < -0.3 is 15.4 Å². The van der Waals surface area contributed by atoms with E-state index in [9.17, 15) is 35.9 Å². The molecule has 3 saturated heterocycles. The van der Waals surface area contributed by atoms with Crippen LogP contribution >= 0.6 is 0 Å². The second kappa shape index (κ2) is 11.2.